The third-order valence-electron chi connectivity index (χ3n) is 3.86. The molecule has 1 saturated carbocycles. The van der Waals surface area contributed by atoms with E-state index in [9.17, 15) is 0 Å². The summed E-state index contributed by atoms with van der Waals surface area (Å²) in [5.74, 6) is 0.917. The normalized spacial score (nSPS) is 24.7. The van der Waals surface area contributed by atoms with E-state index in [1.165, 1.54) is 47.0 Å². The highest BCUT2D eigenvalue weighted by Gasteiger charge is 2.19. The van der Waals surface area contributed by atoms with Gasteiger partial charge in [0.1, 0.15) is 0 Å². The quantitative estimate of drug-likeness (QED) is 0.804. The molecule has 1 aromatic carbocycles. The Bertz CT molecular complexity index is 369. The van der Waals surface area contributed by atoms with E-state index in [4.69, 9.17) is 0 Å². The number of hydrogen-bond donors (Lipinski definition) is 1. The Hall–Kier alpha value is -0.500. The van der Waals surface area contributed by atoms with Crippen molar-refractivity contribution in [3.05, 3.63) is 27.7 Å². The number of aryl methyl sites for hydroxylation is 2. The van der Waals surface area contributed by atoms with Crippen LogP contribution in [0, 0.1) is 19.8 Å². The Morgan fingerprint density at radius 1 is 1.06 bits per heavy atom. The molecule has 0 bridgehead atoms. The monoisotopic (exact) mass is 295 g/mol. The van der Waals surface area contributed by atoms with Gasteiger partial charge in [0, 0.05) is 16.2 Å². The van der Waals surface area contributed by atoms with Gasteiger partial charge in [-0.2, -0.15) is 0 Å². The highest BCUT2D eigenvalue weighted by molar-refractivity contribution is 9.10. The topological polar surface area (TPSA) is 12.0 Å². The Morgan fingerprint density at radius 2 is 1.59 bits per heavy atom. The van der Waals surface area contributed by atoms with Crippen molar-refractivity contribution in [3.8, 4) is 0 Å². The molecule has 94 valence electrons. The fraction of sp³-hybridized carbons (Fsp3) is 0.600. The van der Waals surface area contributed by atoms with Crippen LogP contribution in [0.1, 0.15) is 43.7 Å². The van der Waals surface area contributed by atoms with Gasteiger partial charge in [-0.15, -0.1) is 0 Å². The van der Waals surface area contributed by atoms with Gasteiger partial charge in [-0.1, -0.05) is 22.9 Å². The van der Waals surface area contributed by atoms with Crippen LogP contribution in [0.15, 0.2) is 16.6 Å². The minimum atomic E-state index is 0.671. The van der Waals surface area contributed by atoms with Crippen LogP contribution in [0.4, 0.5) is 5.69 Å². The molecule has 0 heterocycles. The van der Waals surface area contributed by atoms with Gasteiger partial charge in [-0.25, -0.2) is 0 Å². The predicted molar refractivity (Wildman–Crippen MR) is 78.7 cm³/mol. The Morgan fingerprint density at radius 3 is 2.12 bits per heavy atom. The lowest BCUT2D eigenvalue weighted by atomic mass is 9.87. The molecule has 1 N–H and O–H groups in total. The van der Waals surface area contributed by atoms with E-state index >= 15 is 0 Å². The minimum absolute atomic E-state index is 0.671. The molecule has 0 atom stereocenters. The molecule has 0 unspecified atom stereocenters. The predicted octanol–water partition coefficient (Wildman–Crippen LogP) is 5.06. The van der Waals surface area contributed by atoms with Gasteiger partial charge >= 0.3 is 0 Å². The van der Waals surface area contributed by atoms with E-state index in [2.05, 4.69) is 54.2 Å². The maximum Gasteiger partial charge on any atom is 0.0402 e. The number of halogens is 1. The molecular weight excluding hydrogens is 274 g/mol. The molecule has 2 rings (SSSR count). The highest BCUT2D eigenvalue weighted by atomic mass is 79.9. The maximum absolute atomic E-state index is 3.74. The van der Waals surface area contributed by atoms with Crippen LogP contribution in [0.25, 0.3) is 0 Å². The van der Waals surface area contributed by atoms with Gasteiger partial charge in [-0.3, -0.25) is 0 Å². The Balaban J connectivity index is 2.08. The second kappa shape index (κ2) is 5.43. The SMILES string of the molecule is Cc1cc(Br)cc(C)c1NC1CCC(C)CC1. The van der Waals surface area contributed by atoms with Gasteiger partial charge in [0.25, 0.3) is 0 Å². The van der Waals surface area contributed by atoms with E-state index < -0.39 is 0 Å². The zero-order chi connectivity index (χ0) is 12.4. The fourth-order valence-corrected chi connectivity index (χ4v) is 3.43. The smallest absolute Gasteiger partial charge is 0.0402 e. The molecule has 0 aromatic heterocycles. The summed E-state index contributed by atoms with van der Waals surface area (Å²) in [5, 5.41) is 3.74. The molecule has 1 aromatic rings. The van der Waals surface area contributed by atoms with Gasteiger partial charge < -0.3 is 5.32 Å². The number of nitrogens with one attached hydrogen (secondary N) is 1. The Labute approximate surface area is 113 Å². The summed E-state index contributed by atoms with van der Waals surface area (Å²) in [7, 11) is 0. The molecule has 1 nitrogen and oxygen atoms in total. The molecule has 0 amide bonds. The first-order chi connectivity index (χ1) is 8.06. The second-order valence-electron chi connectivity index (χ2n) is 5.52. The van der Waals surface area contributed by atoms with Crippen LogP contribution in [0.3, 0.4) is 0 Å². The van der Waals surface area contributed by atoms with Gasteiger partial charge in [0.05, 0.1) is 0 Å². The average Bonchev–Trinajstić information content (AvgIpc) is 2.26. The van der Waals surface area contributed by atoms with Crippen molar-refractivity contribution < 1.29 is 0 Å². The van der Waals surface area contributed by atoms with E-state index in [1.54, 1.807) is 0 Å². The molecule has 0 radical (unpaired) electrons. The van der Waals surface area contributed by atoms with Crippen molar-refractivity contribution in [2.45, 2.75) is 52.5 Å². The summed E-state index contributed by atoms with van der Waals surface area (Å²) in [6.45, 7) is 6.74. The first-order valence-electron chi connectivity index (χ1n) is 6.59. The van der Waals surface area contributed by atoms with Gasteiger partial charge in [-0.05, 0) is 68.7 Å². The molecule has 1 fully saturated rings. The van der Waals surface area contributed by atoms with Crippen LogP contribution < -0.4 is 5.32 Å². The van der Waals surface area contributed by atoms with Crippen molar-refractivity contribution in [2.75, 3.05) is 5.32 Å². The zero-order valence-electron chi connectivity index (χ0n) is 11.0. The number of rotatable bonds is 2. The van der Waals surface area contributed by atoms with Crippen molar-refractivity contribution >= 4 is 21.6 Å². The number of benzene rings is 1. The molecule has 0 spiro atoms. The zero-order valence-corrected chi connectivity index (χ0v) is 12.6. The number of anilines is 1. The summed E-state index contributed by atoms with van der Waals surface area (Å²) >= 11 is 3.55. The van der Waals surface area contributed by atoms with E-state index in [0.29, 0.717) is 6.04 Å². The third kappa shape index (κ3) is 3.25. The Kier molecular flexibility index (Phi) is 4.13. The molecule has 1 aliphatic rings. The molecule has 2 heteroatoms. The molecule has 0 saturated heterocycles. The maximum atomic E-state index is 3.74. The fourth-order valence-electron chi connectivity index (χ4n) is 2.75. The van der Waals surface area contributed by atoms with E-state index in [1.807, 2.05) is 0 Å². The van der Waals surface area contributed by atoms with Crippen LogP contribution in [-0.4, -0.2) is 6.04 Å². The summed E-state index contributed by atoms with van der Waals surface area (Å²) in [5.41, 5.74) is 4.03. The number of hydrogen-bond acceptors (Lipinski definition) is 1. The summed E-state index contributed by atoms with van der Waals surface area (Å²) in [6, 6.07) is 5.06. The average molecular weight is 296 g/mol. The molecular formula is C15H22BrN. The van der Waals surface area contributed by atoms with Gasteiger partial charge in [0.15, 0.2) is 0 Å². The van der Waals surface area contributed by atoms with Gasteiger partial charge in [0.2, 0.25) is 0 Å². The summed E-state index contributed by atoms with van der Waals surface area (Å²) in [4.78, 5) is 0. The first-order valence-corrected chi connectivity index (χ1v) is 7.39. The molecule has 1 aliphatic carbocycles. The molecule has 0 aliphatic heterocycles. The van der Waals surface area contributed by atoms with E-state index in [-0.39, 0.29) is 0 Å². The molecule has 17 heavy (non-hydrogen) atoms. The van der Waals surface area contributed by atoms with Crippen LogP contribution in [-0.2, 0) is 0 Å². The summed E-state index contributed by atoms with van der Waals surface area (Å²) in [6.07, 6.45) is 5.37. The van der Waals surface area contributed by atoms with Crippen molar-refractivity contribution in [1.29, 1.82) is 0 Å². The minimum Gasteiger partial charge on any atom is -0.382 e. The third-order valence-corrected chi connectivity index (χ3v) is 4.32. The summed E-state index contributed by atoms with van der Waals surface area (Å²) < 4.78 is 1.18. The van der Waals surface area contributed by atoms with Crippen LogP contribution in [0.2, 0.25) is 0 Å². The van der Waals surface area contributed by atoms with Crippen molar-refractivity contribution in [3.63, 3.8) is 0 Å². The lowest BCUT2D eigenvalue weighted by molar-refractivity contribution is 0.361. The van der Waals surface area contributed by atoms with Crippen molar-refractivity contribution in [2.24, 2.45) is 5.92 Å². The van der Waals surface area contributed by atoms with Crippen molar-refractivity contribution in [1.82, 2.24) is 0 Å². The van der Waals surface area contributed by atoms with Crippen LogP contribution >= 0.6 is 15.9 Å². The highest BCUT2D eigenvalue weighted by Crippen LogP contribution is 2.30. The largest absolute Gasteiger partial charge is 0.382 e. The lowest BCUT2D eigenvalue weighted by Crippen LogP contribution is -2.25. The van der Waals surface area contributed by atoms with Crippen LogP contribution in [0.5, 0.6) is 0 Å². The lowest BCUT2D eigenvalue weighted by Gasteiger charge is -2.29. The first kappa shape index (κ1) is 12.9. The van der Waals surface area contributed by atoms with E-state index in [0.717, 1.165) is 5.92 Å². The standard InChI is InChI=1S/C15H22BrN/c1-10-4-6-14(7-5-10)17-15-11(2)8-13(16)9-12(15)3/h8-10,14,17H,4-7H2,1-3H3. The second-order valence-corrected chi connectivity index (χ2v) is 6.43.